The summed E-state index contributed by atoms with van der Waals surface area (Å²) in [6, 6.07) is 13.9. The van der Waals surface area contributed by atoms with Crippen LogP contribution in [0.4, 0.5) is 5.69 Å². The minimum atomic E-state index is 0. The van der Waals surface area contributed by atoms with Crippen LogP contribution in [0.25, 0.3) is 5.65 Å². The lowest BCUT2D eigenvalue weighted by Crippen LogP contribution is -2.28. The average molecular weight is 422 g/mol. The van der Waals surface area contributed by atoms with Gasteiger partial charge in [0.1, 0.15) is 5.82 Å². The van der Waals surface area contributed by atoms with E-state index in [1.807, 2.05) is 53.1 Å². The van der Waals surface area contributed by atoms with E-state index in [2.05, 4.69) is 15.5 Å². The Morgan fingerprint density at radius 1 is 1.11 bits per heavy atom. The Balaban J connectivity index is 0.00000140. The Morgan fingerprint density at radius 3 is 2.61 bits per heavy atom. The molecular weight excluding hydrogens is 397 g/mol. The number of anilines is 1. The van der Waals surface area contributed by atoms with E-state index in [1.54, 1.807) is 0 Å². The zero-order valence-electron chi connectivity index (χ0n) is 15.5. The summed E-state index contributed by atoms with van der Waals surface area (Å²) in [6.07, 6.45) is 6.38. The molecule has 150 valence electrons. The summed E-state index contributed by atoms with van der Waals surface area (Å²) in [4.78, 5) is 12.2. The van der Waals surface area contributed by atoms with Gasteiger partial charge in [0.25, 0.3) is 0 Å². The third-order valence-electron chi connectivity index (χ3n) is 5.15. The molecule has 0 saturated heterocycles. The maximum Gasteiger partial charge on any atom is 0.224 e. The Bertz CT molecular complexity index is 912. The quantitative estimate of drug-likeness (QED) is 0.658. The highest BCUT2D eigenvalue weighted by Gasteiger charge is 2.25. The molecule has 1 aromatic carbocycles. The number of rotatable bonds is 5. The molecule has 8 heteroatoms. The van der Waals surface area contributed by atoms with E-state index in [4.69, 9.17) is 5.73 Å². The van der Waals surface area contributed by atoms with Gasteiger partial charge in [-0.05, 0) is 48.6 Å². The first kappa shape index (κ1) is 22.1. The van der Waals surface area contributed by atoms with Gasteiger partial charge in [-0.1, -0.05) is 24.6 Å². The molecule has 0 aliphatic heterocycles. The number of aromatic nitrogens is 3. The molecule has 0 spiro atoms. The van der Waals surface area contributed by atoms with Crippen molar-refractivity contribution in [3.63, 3.8) is 0 Å². The van der Waals surface area contributed by atoms with Gasteiger partial charge in [0, 0.05) is 30.8 Å². The monoisotopic (exact) mass is 421 g/mol. The number of halogens is 2. The third-order valence-corrected chi connectivity index (χ3v) is 5.15. The van der Waals surface area contributed by atoms with Gasteiger partial charge in [-0.2, -0.15) is 0 Å². The van der Waals surface area contributed by atoms with Crippen LogP contribution in [0.1, 0.15) is 37.1 Å². The summed E-state index contributed by atoms with van der Waals surface area (Å²) >= 11 is 0. The summed E-state index contributed by atoms with van der Waals surface area (Å²) in [6.45, 7) is 0. The van der Waals surface area contributed by atoms with Crippen molar-refractivity contribution in [2.75, 3.05) is 5.32 Å². The van der Waals surface area contributed by atoms with Crippen molar-refractivity contribution in [3.8, 4) is 0 Å². The topological polar surface area (TPSA) is 85.3 Å². The molecule has 1 amide bonds. The standard InChI is InChI=1S/C20H23N5O.2ClH/c21-17-5-3-4-15(17)13-20(26)22-16-9-7-14(8-10-16)12-19-24-23-18-6-1-2-11-25(18)19;;/h1-2,6-11,15,17H,3-5,12-13,21H2,(H,22,26);2*1H/t15-,17+;;/m0../s1. The molecule has 2 atom stereocenters. The van der Waals surface area contributed by atoms with E-state index in [1.165, 1.54) is 0 Å². The molecule has 28 heavy (non-hydrogen) atoms. The first-order valence-corrected chi connectivity index (χ1v) is 9.12. The number of carbonyl (C=O) groups is 1. The number of amides is 1. The van der Waals surface area contributed by atoms with Gasteiger partial charge >= 0.3 is 0 Å². The van der Waals surface area contributed by atoms with Crippen LogP contribution in [0.15, 0.2) is 48.7 Å². The zero-order chi connectivity index (χ0) is 17.9. The van der Waals surface area contributed by atoms with Crippen molar-refractivity contribution in [1.29, 1.82) is 0 Å². The molecule has 0 unspecified atom stereocenters. The second-order valence-electron chi connectivity index (χ2n) is 7.03. The van der Waals surface area contributed by atoms with E-state index in [9.17, 15) is 4.79 Å². The molecule has 3 aromatic rings. The van der Waals surface area contributed by atoms with Gasteiger partial charge in [-0.15, -0.1) is 35.0 Å². The number of hydrogen-bond donors (Lipinski definition) is 2. The lowest BCUT2D eigenvalue weighted by molar-refractivity contribution is -0.117. The van der Waals surface area contributed by atoms with Crippen LogP contribution in [-0.2, 0) is 11.2 Å². The van der Waals surface area contributed by atoms with Gasteiger partial charge in [-0.3, -0.25) is 9.20 Å². The van der Waals surface area contributed by atoms with Crippen molar-refractivity contribution in [2.24, 2.45) is 11.7 Å². The molecule has 6 nitrogen and oxygen atoms in total. The number of nitrogens with two attached hydrogens (primary N) is 1. The van der Waals surface area contributed by atoms with Crippen molar-refractivity contribution < 1.29 is 4.79 Å². The summed E-state index contributed by atoms with van der Waals surface area (Å²) in [5.41, 5.74) is 8.84. The number of nitrogens with zero attached hydrogens (tertiary/aromatic N) is 3. The predicted molar refractivity (Wildman–Crippen MR) is 115 cm³/mol. The fourth-order valence-electron chi connectivity index (χ4n) is 3.67. The average Bonchev–Trinajstić information content (AvgIpc) is 3.23. The largest absolute Gasteiger partial charge is 0.327 e. The van der Waals surface area contributed by atoms with Gasteiger partial charge in [0.2, 0.25) is 5.91 Å². The Labute approximate surface area is 176 Å². The van der Waals surface area contributed by atoms with E-state index < -0.39 is 0 Å². The molecule has 1 fully saturated rings. The maximum absolute atomic E-state index is 12.2. The van der Waals surface area contributed by atoms with Crippen LogP contribution in [0.2, 0.25) is 0 Å². The molecular formula is C20H25Cl2N5O. The second-order valence-corrected chi connectivity index (χ2v) is 7.03. The summed E-state index contributed by atoms with van der Waals surface area (Å²) < 4.78 is 1.99. The molecule has 0 radical (unpaired) electrons. The SMILES string of the molecule is Cl.Cl.N[C@@H]1CCC[C@H]1CC(=O)Nc1ccc(Cc2nnc3ccccn23)cc1. The Hall–Kier alpha value is -2.15. The zero-order valence-corrected chi connectivity index (χ0v) is 17.1. The highest BCUT2D eigenvalue weighted by molar-refractivity contribution is 5.90. The van der Waals surface area contributed by atoms with Crippen LogP contribution in [0.5, 0.6) is 0 Å². The lowest BCUT2D eigenvalue weighted by atomic mass is 10.00. The predicted octanol–water partition coefficient (Wildman–Crippen LogP) is 3.62. The Morgan fingerprint density at radius 2 is 1.89 bits per heavy atom. The molecule has 1 saturated carbocycles. The Kier molecular flexibility index (Phi) is 7.80. The van der Waals surface area contributed by atoms with E-state index in [-0.39, 0.29) is 36.8 Å². The molecule has 0 bridgehead atoms. The number of hydrogen-bond acceptors (Lipinski definition) is 4. The molecule has 1 aliphatic carbocycles. The van der Waals surface area contributed by atoms with Crippen LogP contribution in [0.3, 0.4) is 0 Å². The van der Waals surface area contributed by atoms with Crippen molar-refractivity contribution in [2.45, 2.75) is 38.1 Å². The molecule has 1 aliphatic rings. The van der Waals surface area contributed by atoms with Crippen LogP contribution in [-0.4, -0.2) is 26.5 Å². The fraction of sp³-hybridized carbons (Fsp3) is 0.350. The van der Waals surface area contributed by atoms with Gasteiger partial charge in [-0.25, -0.2) is 0 Å². The normalized spacial score (nSPS) is 18.3. The highest BCUT2D eigenvalue weighted by Crippen LogP contribution is 2.27. The maximum atomic E-state index is 12.2. The fourth-order valence-corrected chi connectivity index (χ4v) is 3.67. The number of carbonyl (C=O) groups excluding carboxylic acids is 1. The first-order valence-electron chi connectivity index (χ1n) is 9.12. The first-order chi connectivity index (χ1) is 12.7. The van der Waals surface area contributed by atoms with Crippen molar-refractivity contribution >= 4 is 42.1 Å². The van der Waals surface area contributed by atoms with Gasteiger partial charge in [0.05, 0.1) is 0 Å². The lowest BCUT2D eigenvalue weighted by Gasteiger charge is -2.14. The second kappa shape index (κ2) is 9.87. The van der Waals surface area contributed by atoms with Crippen LogP contribution >= 0.6 is 24.8 Å². The van der Waals surface area contributed by atoms with Crippen molar-refractivity contribution in [1.82, 2.24) is 14.6 Å². The number of benzene rings is 1. The number of nitrogens with one attached hydrogen (secondary N) is 1. The number of fused-ring (bicyclic) bond motifs is 1. The summed E-state index contributed by atoms with van der Waals surface area (Å²) in [5.74, 6) is 1.26. The molecule has 2 heterocycles. The van der Waals surface area contributed by atoms with E-state index >= 15 is 0 Å². The van der Waals surface area contributed by atoms with Crippen LogP contribution < -0.4 is 11.1 Å². The van der Waals surface area contributed by atoms with Gasteiger partial charge < -0.3 is 11.1 Å². The van der Waals surface area contributed by atoms with E-state index in [0.717, 1.165) is 42.0 Å². The van der Waals surface area contributed by atoms with E-state index in [0.29, 0.717) is 18.8 Å². The third kappa shape index (κ3) is 5.01. The van der Waals surface area contributed by atoms with Crippen molar-refractivity contribution in [3.05, 3.63) is 60.0 Å². The molecule has 4 rings (SSSR count). The summed E-state index contributed by atoms with van der Waals surface area (Å²) in [7, 11) is 0. The smallest absolute Gasteiger partial charge is 0.224 e. The summed E-state index contributed by atoms with van der Waals surface area (Å²) in [5, 5.41) is 11.4. The van der Waals surface area contributed by atoms with Crippen LogP contribution in [0, 0.1) is 5.92 Å². The number of pyridine rings is 1. The molecule has 3 N–H and O–H groups in total. The minimum absolute atomic E-state index is 0. The minimum Gasteiger partial charge on any atom is -0.327 e. The molecule has 2 aromatic heterocycles. The van der Waals surface area contributed by atoms with Gasteiger partial charge in [0.15, 0.2) is 5.65 Å². The highest BCUT2D eigenvalue weighted by atomic mass is 35.5.